The SMILES string of the molecule is CC(=O)c1cc(N)ccc1Oc1ccncc1Br. The zero-order valence-corrected chi connectivity index (χ0v) is 11.3. The molecule has 2 aromatic rings. The molecule has 92 valence electrons. The van der Waals surface area contributed by atoms with Crippen LogP contribution in [0.15, 0.2) is 41.1 Å². The lowest BCUT2D eigenvalue weighted by Gasteiger charge is -2.11. The number of anilines is 1. The van der Waals surface area contributed by atoms with Gasteiger partial charge in [-0.05, 0) is 41.1 Å². The normalized spacial score (nSPS) is 10.1. The number of halogens is 1. The molecule has 1 aromatic heterocycles. The van der Waals surface area contributed by atoms with Gasteiger partial charge in [0.15, 0.2) is 5.78 Å². The molecule has 4 nitrogen and oxygen atoms in total. The molecule has 0 fully saturated rings. The Hall–Kier alpha value is -1.88. The van der Waals surface area contributed by atoms with Crippen LogP contribution in [0.2, 0.25) is 0 Å². The van der Waals surface area contributed by atoms with Crippen molar-refractivity contribution in [2.75, 3.05) is 5.73 Å². The van der Waals surface area contributed by atoms with Gasteiger partial charge in [0.05, 0.1) is 10.0 Å². The first-order valence-corrected chi connectivity index (χ1v) is 6.05. The van der Waals surface area contributed by atoms with E-state index in [-0.39, 0.29) is 5.78 Å². The first kappa shape index (κ1) is 12.6. The second-order valence-electron chi connectivity index (χ2n) is 3.72. The second-order valence-corrected chi connectivity index (χ2v) is 4.57. The van der Waals surface area contributed by atoms with E-state index in [1.165, 1.54) is 6.92 Å². The van der Waals surface area contributed by atoms with Crippen LogP contribution in [-0.2, 0) is 0 Å². The van der Waals surface area contributed by atoms with E-state index in [1.807, 2.05) is 0 Å². The van der Waals surface area contributed by atoms with Crippen molar-refractivity contribution in [3.8, 4) is 11.5 Å². The molecule has 0 atom stereocenters. The Morgan fingerprint density at radius 2 is 2.11 bits per heavy atom. The van der Waals surface area contributed by atoms with E-state index in [4.69, 9.17) is 10.5 Å². The van der Waals surface area contributed by atoms with Crippen LogP contribution < -0.4 is 10.5 Å². The summed E-state index contributed by atoms with van der Waals surface area (Å²) in [6, 6.07) is 6.69. The van der Waals surface area contributed by atoms with Crippen molar-refractivity contribution in [3.05, 3.63) is 46.7 Å². The number of ketones is 1. The molecule has 5 heteroatoms. The molecule has 0 radical (unpaired) electrons. The van der Waals surface area contributed by atoms with Crippen molar-refractivity contribution in [1.29, 1.82) is 0 Å². The molecule has 1 heterocycles. The zero-order chi connectivity index (χ0) is 13.1. The van der Waals surface area contributed by atoms with E-state index in [1.54, 1.807) is 36.7 Å². The number of ether oxygens (including phenoxy) is 1. The van der Waals surface area contributed by atoms with Crippen LogP contribution >= 0.6 is 15.9 Å². The number of aromatic nitrogens is 1. The van der Waals surface area contributed by atoms with Crippen molar-refractivity contribution in [2.24, 2.45) is 0 Å². The molecule has 2 N–H and O–H groups in total. The molecular weight excluding hydrogens is 296 g/mol. The molecule has 0 saturated heterocycles. The van der Waals surface area contributed by atoms with Crippen molar-refractivity contribution in [2.45, 2.75) is 6.92 Å². The third kappa shape index (κ3) is 2.68. The van der Waals surface area contributed by atoms with E-state index < -0.39 is 0 Å². The molecule has 0 aliphatic rings. The van der Waals surface area contributed by atoms with Gasteiger partial charge in [-0.25, -0.2) is 0 Å². The average Bonchev–Trinajstić information content (AvgIpc) is 2.34. The van der Waals surface area contributed by atoms with Crippen LogP contribution in [0.25, 0.3) is 0 Å². The Labute approximate surface area is 113 Å². The van der Waals surface area contributed by atoms with Crippen molar-refractivity contribution >= 4 is 27.4 Å². The highest BCUT2D eigenvalue weighted by atomic mass is 79.9. The number of pyridine rings is 1. The van der Waals surface area contributed by atoms with Crippen molar-refractivity contribution in [3.63, 3.8) is 0 Å². The molecular formula is C13H11BrN2O2. The standard InChI is InChI=1S/C13H11BrN2O2/c1-8(17)10-6-9(15)2-3-12(10)18-13-4-5-16-7-11(13)14/h2-7H,15H2,1H3. The maximum absolute atomic E-state index is 11.5. The van der Waals surface area contributed by atoms with E-state index >= 15 is 0 Å². The molecule has 0 amide bonds. The minimum absolute atomic E-state index is 0.0949. The third-order valence-corrected chi connectivity index (χ3v) is 2.93. The van der Waals surface area contributed by atoms with Gasteiger partial charge >= 0.3 is 0 Å². The van der Waals surface area contributed by atoms with Gasteiger partial charge in [-0.1, -0.05) is 0 Å². The molecule has 0 saturated carbocycles. The van der Waals surface area contributed by atoms with Crippen molar-refractivity contribution < 1.29 is 9.53 Å². The highest BCUT2D eigenvalue weighted by molar-refractivity contribution is 9.10. The van der Waals surface area contributed by atoms with Gasteiger partial charge in [0.25, 0.3) is 0 Å². The Kier molecular flexibility index (Phi) is 3.62. The molecule has 2 rings (SSSR count). The third-order valence-electron chi connectivity index (χ3n) is 2.34. The summed E-state index contributed by atoms with van der Waals surface area (Å²) in [6.45, 7) is 1.48. The number of benzene rings is 1. The van der Waals surface area contributed by atoms with Gasteiger partial charge in [-0.2, -0.15) is 0 Å². The Morgan fingerprint density at radius 3 is 2.78 bits per heavy atom. The number of Topliss-reactive ketones (excluding diaryl/α,β-unsaturated/α-hetero) is 1. The van der Waals surface area contributed by atoms with Crippen molar-refractivity contribution in [1.82, 2.24) is 4.98 Å². The fourth-order valence-electron chi connectivity index (χ4n) is 1.48. The van der Waals surface area contributed by atoms with E-state index in [2.05, 4.69) is 20.9 Å². The highest BCUT2D eigenvalue weighted by Crippen LogP contribution is 2.31. The number of nitrogen functional groups attached to an aromatic ring is 1. The van der Waals surface area contributed by atoms with Gasteiger partial charge in [0.2, 0.25) is 0 Å². The minimum Gasteiger partial charge on any atom is -0.455 e. The maximum Gasteiger partial charge on any atom is 0.163 e. The minimum atomic E-state index is -0.0949. The highest BCUT2D eigenvalue weighted by Gasteiger charge is 2.11. The summed E-state index contributed by atoms with van der Waals surface area (Å²) in [6.07, 6.45) is 3.24. The summed E-state index contributed by atoms with van der Waals surface area (Å²) in [5.74, 6) is 0.975. The van der Waals surface area contributed by atoms with Crippen LogP contribution in [-0.4, -0.2) is 10.8 Å². The number of rotatable bonds is 3. The van der Waals surface area contributed by atoms with Gasteiger partial charge in [0, 0.05) is 24.1 Å². The van der Waals surface area contributed by atoms with Crippen LogP contribution in [0.1, 0.15) is 17.3 Å². The number of hydrogen-bond donors (Lipinski definition) is 1. The molecule has 0 aliphatic carbocycles. The van der Waals surface area contributed by atoms with E-state index in [9.17, 15) is 4.79 Å². The lowest BCUT2D eigenvalue weighted by molar-refractivity contribution is 0.101. The fourth-order valence-corrected chi connectivity index (χ4v) is 1.81. The summed E-state index contributed by atoms with van der Waals surface area (Å²) >= 11 is 3.33. The van der Waals surface area contributed by atoms with Crippen LogP contribution in [0.3, 0.4) is 0 Å². The second kappa shape index (κ2) is 5.18. The number of carbonyl (C=O) groups is 1. The molecule has 0 spiro atoms. The van der Waals surface area contributed by atoms with Crippen LogP contribution in [0.5, 0.6) is 11.5 Å². The zero-order valence-electron chi connectivity index (χ0n) is 9.68. The molecule has 0 aliphatic heterocycles. The fraction of sp³-hybridized carbons (Fsp3) is 0.0769. The van der Waals surface area contributed by atoms with Gasteiger partial charge in [-0.3, -0.25) is 9.78 Å². The van der Waals surface area contributed by atoms with Crippen LogP contribution in [0, 0.1) is 0 Å². The van der Waals surface area contributed by atoms with E-state index in [0.29, 0.717) is 22.7 Å². The number of nitrogens with two attached hydrogens (primary N) is 1. The topological polar surface area (TPSA) is 65.2 Å². The number of hydrogen-bond acceptors (Lipinski definition) is 4. The predicted molar refractivity (Wildman–Crippen MR) is 72.9 cm³/mol. The molecule has 0 bridgehead atoms. The Balaban J connectivity index is 2.41. The summed E-state index contributed by atoms with van der Waals surface area (Å²) in [5.41, 5.74) is 6.65. The summed E-state index contributed by atoms with van der Waals surface area (Å²) in [4.78, 5) is 15.5. The number of carbonyl (C=O) groups excluding carboxylic acids is 1. The Bertz CT molecular complexity index is 599. The Morgan fingerprint density at radius 1 is 1.33 bits per heavy atom. The number of nitrogens with zero attached hydrogens (tertiary/aromatic N) is 1. The van der Waals surface area contributed by atoms with E-state index in [0.717, 1.165) is 4.47 Å². The van der Waals surface area contributed by atoms with Gasteiger partial charge < -0.3 is 10.5 Å². The van der Waals surface area contributed by atoms with Gasteiger partial charge in [0.1, 0.15) is 11.5 Å². The monoisotopic (exact) mass is 306 g/mol. The summed E-state index contributed by atoms with van der Waals surface area (Å²) in [7, 11) is 0. The lowest BCUT2D eigenvalue weighted by Crippen LogP contribution is -1.99. The van der Waals surface area contributed by atoms with Crippen LogP contribution in [0.4, 0.5) is 5.69 Å². The molecule has 1 aromatic carbocycles. The summed E-state index contributed by atoms with van der Waals surface area (Å²) < 4.78 is 6.41. The first-order chi connectivity index (χ1) is 8.58. The first-order valence-electron chi connectivity index (χ1n) is 5.26. The predicted octanol–water partition coefficient (Wildman–Crippen LogP) is 3.42. The molecule has 18 heavy (non-hydrogen) atoms. The quantitative estimate of drug-likeness (QED) is 0.697. The summed E-state index contributed by atoms with van der Waals surface area (Å²) in [5, 5.41) is 0. The maximum atomic E-state index is 11.5. The smallest absolute Gasteiger partial charge is 0.163 e. The largest absolute Gasteiger partial charge is 0.455 e. The molecule has 0 unspecified atom stereocenters. The van der Waals surface area contributed by atoms with Gasteiger partial charge in [-0.15, -0.1) is 0 Å². The average molecular weight is 307 g/mol. The lowest BCUT2D eigenvalue weighted by atomic mass is 10.1.